The largest absolute Gasteiger partial charge is 0.354 e. The predicted molar refractivity (Wildman–Crippen MR) is 60.4 cm³/mol. The van der Waals surface area contributed by atoms with Crippen LogP contribution in [-0.2, 0) is 4.74 Å². The van der Waals surface area contributed by atoms with Gasteiger partial charge in [0.2, 0.25) is 0 Å². The molecule has 14 heavy (non-hydrogen) atoms. The minimum Gasteiger partial charge on any atom is -0.354 e. The van der Waals surface area contributed by atoms with Crippen LogP contribution in [0.4, 0.5) is 0 Å². The lowest BCUT2D eigenvalue weighted by Crippen LogP contribution is -2.70. The molecule has 4 heteroatoms. The molecule has 0 N–H and O–H groups in total. The van der Waals surface area contributed by atoms with E-state index in [0.29, 0.717) is 6.35 Å². The van der Waals surface area contributed by atoms with E-state index in [-0.39, 0.29) is 9.84 Å². The molecule has 1 atom stereocenters. The summed E-state index contributed by atoms with van der Waals surface area (Å²) in [5, 5.41) is 0. The third-order valence-corrected chi connectivity index (χ3v) is 5.88. The highest BCUT2D eigenvalue weighted by Gasteiger charge is 2.40. The molecule has 1 saturated heterocycles. The third kappa shape index (κ3) is 1.89. The Morgan fingerprint density at radius 3 is 2.57 bits per heavy atom. The Labute approximate surface area is 89.4 Å². The number of rotatable bonds is 3. The molecular weight excluding hydrogens is 192 g/mol. The first kappa shape index (κ1) is 10.6. The lowest BCUT2D eigenvalue weighted by atomic mass is 9.95. The normalized spacial score (nSPS) is 33.4. The van der Waals surface area contributed by atoms with Crippen molar-refractivity contribution in [2.75, 3.05) is 13.7 Å². The summed E-state index contributed by atoms with van der Waals surface area (Å²) in [4.78, 5) is 0. The quantitative estimate of drug-likeness (QED) is 0.649. The van der Waals surface area contributed by atoms with E-state index < -0.39 is 0 Å². The fourth-order valence-electron chi connectivity index (χ4n) is 2.71. The summed E-state index contributed by atoms with van der Waals surface area (Å²) < 4.78 is 10.7. The molecule has 1 unspecified atom stereocenters. The molecule has 2 fully saturated rings. The van der Waals surface area contributed by atoms with Gasteiger partial charge in [-0.1, -0.05) is 26.2 Å². The first-order chi connectivity index (χ1) is 6.86. The highest BCUT2D eigenvalue weighted by Crippen LogP contribution is 2.29. The van der Waals surface area contributed by atoms with E-state index in [4.69, 9.17) is 4.74 Å². The number of ether oxygens (including phenoxy) is 1. The summed E-state index contributed by atoms with van der Waals surface area (Å²) >= 11 is 0. The Bertz CT molecular complexity index is 183. The first-order valence-corrected chi connectivity index (χ1v) is 7.16. The molecule has 1 saturated carbocycles. The van der Waals surface area contributed by atoms with E-state index in [9.17, 15) is 0 Å². The molecule has 1 aliphatic heterocycles. The van der Waals surface area contributed by atoms with Crippen molar-refractivity contribution in [1.29, 1.82) is 0 Å². The minimum atomic E-state index is -0.129. The van der Waals surface area contributed by atoms with E-state index in [0.717, 1.165) is 12.6 Å². The van der Waals surface area contributed by atoms with Crippen molar-refractivity contribution < 1.29 is 4.74 Å². The summed E-state index contributed by atoms with van der Waals surface area (Å²) in [6.45, 7) is 3.39. The number of hydrogen-bond donors (Lipinski definition) is 0. The van der Waals surface area contributed by atoms with Crippen molar-refractivity contribution in [2.45, 2.75) is 51.4 Å². The van der Waals surface area contributed by atoms with Crippen molar-refractivity contribution >= 4 is 9.84 Å². The second kappa shape index (κ2) is 4.75. The molecule has 3 nitrogen and oxygen atoms in total. The zero-order valence-corrected chi connectivity index (χ0v) is 10.8. The number of methoxy groups -OCH3 is 1. The van der Waals surface area contributed by atoms with Crippen LogP contribution in [0.25, 0.3) is 0 Å². The summed E-state index contributed by atoms with van der Waals surface area (Å²) in [7, 11) is 1.72. The van der Waals surface area contributed by atoms with Crippen molar-refractivity contribution in [3.05, 3.63) is 0 Å². The predicted octanol–water partition coefficient (Wildman–Crippen LogP) is 0.885. The van der Waals surface area contributed by atoms with Crippen LogP contribution < -0.4 is 0 Å². The van der Waals surface area contributed by atoms with Crippen LogP contribution in [0, 0.1) is 0 Å². The Morgan fingerprint density at radius 1 is 1.29 bits per heavy atom. The summed E-state index contributed by atoms with van der Waals surface area (Å²) in [6, 6.07) is 0.850. The highest BCUT2D eigenvalue weighted by atomic mass is 28.2. The van der Waals surface area contributed by atoms with Gasteiger partial charge >= 0.3 is 0 Å². The molecule has 1 aliphatic carbocycles. The van der Waals surface area contributed by atoms with Crippen LogP contribution in [0.5, 0.6) is 0 Å². The molecule has 0 bridgehead atoms. The average molecular weight is 214 g/mol. The van der Waals surface area contributed by atoms with Crippen LogP contribution in [0.1, 0.15) is 39.0 Å². The van der Waals surface area contributed by atoms with Gasteiger partial charge in [0.25, 0.3) is 0 Å². The second-order valence-electron chi connectivity index (χ2n) is 4.41. The fourth-order valence-corrected chi connectivity index (χ4v) is 4.64. The van der Waals surface area contributed by atoms with Crippen LogP contribution in [0.2, 0.25) is 0 Å². The van der Waals surface area contributed by atoms with E-state index in [2.05, 4.69) is 16.1 Å². The highest BCUT2D eigenvalue weighted by molar-refractivity contribution is 6.32. The van der Waals surface area contributed by atoms with Gasteiger partial charge in [0.15, 0.2) is 16.2 Å². The molecule has 2 aliphatic rings. The van der Waals surface area contributed by atoms with Crippen LogP contribution in [0.15, 0.2) is 0 Å². The van der Waals surface area contributed by atoms with Gasteiger partial charge in [-0.05, 0) is 19.4 Å². The topological polar surface area (TPSA) is 15.7 Å². The Kier molecular flexibility index (Phi) is 3.60. The van der Waals surface area contributed by atoms with Gasteiger partial charge in [-0.2, -0.15) is 0 Å². The van der Waals surface area contributed by atoms with Gasteiger partial charge in [-0.3, -0.25) is 9.13 Å². The van der Waals surface area contributed by atoms with E-state index in [1.807, 2.05) is 7.11 Å². The lowest BCUT2D eigenvalue weighted by Gasteiger charge is -2.53. The maximum Gasteiger partial charge on any atom is 0.179 e. The van der Waals surface area contributed by atoms with E-state index in [1.165, 1.54) is 32.1 Å². The standard InChI is InChI=1S/C10H22N2OSi/c1-3-11-10(13-2)12(14-11)9-7-5-4-6-8-9/h9-10H,3-8,14H2,1-2H3. The van der Waals surface area contributed by atoms with Crippen molar-refractivity contribution in [1.82, 2.24) is 9.13 Å². The summed E-state index contributed by atoms with van der Waals surface area (Å²) in [5.41, 5.74) is 0. The van der Waals surface area contributed by atoms with Crippen LogP contribution in [0.3, 0.4) is 0 Å². The molecule has 0 spiro atoms. The molecule has 0 aromatic heterocycles. The zero-order chi connectivity index (χ0) is 9.97. The van der Waals surface area contributed by atoms with Crippen molar-refractivity contribution in [3.63, 3.8) is 0 Å². The molecule has 0 aromatic carbocycles. The molecule has 0 radical (unpaired) electrons. The summed E-state index contributed by atoms with van der Waals surface area (Å²) in [5.74, 6) is 0. The number of hydrogen-bond acceptors (Lipinski definition) is 3. The molecule has 1 heterocycles. The first-order valence-electron chi connectivity index (χ1n) is 5.89. The Balaban J connectivity index is 1.86. The monoisotopic (exact) mass is 214 g/mol. The van der Waals surface area contributed by atoms with Gasteiger partial charge in [-0.25, -0.2) is 0 Å². The molecule has 82 valence electrons. The number of nitrogens with zero attached hydrogens (tertiary/aromatic N) is 2. The van der Waals surface area contributed by atoms with Crippen molar-refractivity contribution in [2.24, 2.45) is 0 Å². The Morgan fingerprint density at radius 2 is 2.00 bits per heavy atom. The second-order valence-corrected chi connectivity index (χ2v) is 6.24. The zero-order valence-electron chi connectivity index (χ0n) is 9.41. The van der Waals surface area contributed by atoms with Gasteiger partial charge < -0.3 is 4.74 Å². The minimum absolute atomic E-state index is 0.129. The maximum atomic E-state index is 5.54. The van der Waals surface area contributed by atoms with Gasteiger partial charge in [0.05, 0.1) is 0 Å². The summed E-state index contributed by atoms with van der Waals surface area (Å²) in [6.07, 6.45) is 7.45. The smallest absolute Gasteiger partial charge is 0.179 e. The van der Waals surface area contributed by atoms with Crippen molar-refractivity contribution in [3.8, 4) is 0 Å². The third-order valence-electron chi connectivity index (χ3n) is 3.60. The fraction of sp³-hybridized carbons (Fsp3) is 1.00. The van der Waals surface area contributed by atoms with E-state index >= 15 is 0 Å². The Hall–Kier alpha value is 0.0969. The lowest BCUT2D eigenvalue weighted by molar-refractivity contribution is -0.130. The van der Waals surface area contributed by atoms with Crippen LogP contribution in [-0.4, -0.2) is 45.0 Å². The van der Waals surface area contributed by atoms with Gasteiger partial charge in [-0.15, -0.1) is 0 Å². The average Bonchev–Trinajstić information content (AvgIpc) is 2.19. The van der Waals surface area contributed by atoms with Crippen LogP contribution >= 0.6 is 0 Å². The van der Waals surface area contributed by atoms with Gasteiger partial charge in [0.1, 0.15) is 0 Å². The molecular formula is C10H22N2OSi. The van der Waals surface area contributed by atoms with Gasteiger partial charge in [0, 0.05) is 13.2 Å². The molecule has 0 aromatic rings. The SMILES string of the molecule is CCN1[SiH2]N(C2CCCCC2)C1OC. The molecule has 2 rings (SSSR count). The maximum absolute atomic E-state index is 5.54. The molecule has 0 amide bonds. The van der Waals surface area contributed by atoms with E-state index in [1.54, 1.807) is 0 Å².